The summed E-state index contributed by atoms with van der Waals surface area (Å²) in [5.74, 6) is 2.41. The van der Waals surface area contributed by atoms with Crippen molar-refractivity contribution in [2.45, 2.75) is 0 Å². The van der Waals surface area contributed by atoms with Gasteiger partial charge in [-0.2, -0.15) is 0 Å². The van der Waals surface area contributed by atoms with Gasteiger partial charge < -0.3 is 14.2 Å². The summed E-state index contributed by atoms with van der Waals surface area (Å²) in [6.07, 6.45) is 0.759. The van der Waals surface area contributed by atoms with Crippen molar-refractivity contribution in [1.82, 2.24) is 0 Å². The normalized spacial score (nSPS) is 12.3. The molecule has 0 atom stereocenters. The third-order valence-corrected chi connectivity index (χ3v) is 3.17. The highest BCUT2D eigenvalue weighted by atomic mass is 79.9. The summed E-state index contributed by atoms with van der Waals surface area (Å²) in [4.78, 5) is 11.0. The summed E-state index contributed by atoms with van der Waals surface area (Å²) in [7, 11) is 0. The summed E-state index contributed by atoms with van der Waals surface area (Å²) in [6.45, 7) is 0.218. The highest BCUT2D eigenvalue weighted by Crippen LogP contribution is 2.37. The molecule has 2 aromatic carbocycles. The van der Waals surface area contributed by atoms with Crippen molar-refractivity contribution in [2.24, 2.45) is 0 Å². The molecule has 3 rings (SSSR count). The molecule has 0 N–H and O–H groups in total. The second-order valence-electron chi connectivity index (χ2n) is 3.92. The maximum absolute atomic E-state index is 11.0. The summed E-state index contributed by atoms with van der Waals surface area (Å²) in [5, 5.41) is 0. The number of ether oxygens (including phenoxy) is 3. The minimum atomic E-state index is 0.218. The van der Waals surface area contributed by atoms with E-state index in [9.17, 15) is 4.79 Å². The van der Waals surface area contributed by atoms with E-state index in [4.69, 9.17) is 14.2 Å². The molecule has 96 valence electrons. The van der Waals surface area contributed by atoms with Crippen LogP contribution in [0.1, 0.15) is 10.4 Å². The van der Waals surface area contributed by atoms with E-state index < -0.39 is 0 Å². The Morgan fingerprint density at radius 3 is 2.79 bits per heavy atom. The molecule has 0 unspecified atom stereocenters. The van der Waals surface area contributed by atoms with Crippen LogP contribution in [0.25, 0.3) is 0 Å². The molecule has 1 heterocycles. The van der Waals surface area contributed by atoms with Crippen LogP contribution in [0.5, 0.6) is 23.0 Å². The molecule has 0 fully saturated rings. The summed E-state index contributed by atoms with van der Waals surface area (Å²) < 4.78 is 17.1. The van der Waals surface area contributed by atoms with Crippen LogP contribution in [0.3, 0.4) is 0 Å². The zero-order valence-corrected chi connectivity index (χ0v) is 11.3. The van der Waals surface area contributed by atoms with E-state index in [-0.39, 0.29) is 6.79 Å². The van der Waals surface area contributed by atoms with E-state index in [1.54, 1.807) is 36.4 Å². The van der Waals surface area contributed by atoms with Gasteiger partial charge in [-0.3, -0.25) is 4.79 Å². The second kappa shape index (κ2) is 4.93. The average Bonchev–Trinajstić information content (AvgIpc) is 2.86. The van der Waals surface area contributed by atoms with E-state index in [0.717, 1.165) is 10.8 Å². The summed E-state index contributed by atoms with van der Waals surface area (Å²) >= 11 is 3.35. The van der Waals surface area contributed by atoms with Crippen molar-refractivity contribution < 1.29 is 19.0 Å². The van der Waals surface area contributed by atoms with E-state index in [1.165, 1.54) is 0 Å². The molecule has 1 aliphatic heterocycles. The number of rotatable bonds is 3. The third-order valence-electron chi connectivity index (χ3n) is 2.67. The van der Waals surface area contributed by atoms with Gasteiger partial charge in [-0.15, -0.1) is 0 Å². The largest absolute Gasteiger partial charge is 0.456 e. The first kappa shape index (κ1) is 12.0. The molecule has 4 nitrogen and oxygen atoms in total. The van der Waals surface area contributed by atoms with Gasteiger partial charge in [0.1, 0.15) is 11.5 Å². The first-order valence-corrected chi connectivity index (χ1v) is 6.38. The molecule has 0 spiro atoms. The van der Waals surface area contributed by atoms with Gasteiger partial charge in [-0.05, 0) is 30.3 Å². The lowest BCUT2D eigenvalue weighted by Crippen LogP contribution is -1.93. The predicted molar refractivity (Wildman–Crippen MR) is 72.2 cm³/mol. The van der Waals surface area contributed by atoms with Gasteiger partial charge >= 0.3 is 0 Å². The zero-order chi connectivity index (χ0) is 13.2. The lowest BCUT2D eigenvalue weighted by atomic mass is 10.2. The highest BCUT2D eigenvalue weighted by molar-refractivity contribution is 9.10. The third kappa shape index (κ3) is 2.42. The lowest BCUT2D eigenvalue weighted by Gasteiger charge is -2.09. The maximum Gasteiger partial charge on any atom is 0.231 e. The van der Waals surface area contributed by atoms with Crippen LogP contribution in [0.4, 0.5) is 0 Å². The fourth-order valence-corrected chi connectivity index (χ4v) is 2.10. The maximum atomic E-state index is 11.0. The van der Waals surface area contributed by atoms with Crippen molar-refractivity contribution >= 4 is 22.2 Å². The van der Waals surface area contributed by atoms with E-state index >= 15 is 0 Å². The Labute approximate surface area is 118 Å². The zero-order valence-electron chi connectivity index (χ0n) is 9.76. The highest BCUT2D eigenvalue weighted by Gasteiger charge is 2.14. The Bertz CT molecular complexity index is 639. The molecule has 1 aliphatic rings. The van der Waals surface area contributed by atoms with Crippen molar-refractivity contribution in [2.75, 3.05) is 6.79 Å². The SMILES string of the molecule is O=Cc1ccc(Br)cc1Oc1ccc2c(c1)OCO2. The van der Waals surface area contributed by atoms with E-state index in [1.807, 2.05) is 0 Å². The van der Waals surface area contributed by atoms with Gasteiger partial charge in [0.25, 0.3) is 0 Å². The minimum absolute atomic E-state index is 0.218. The van der Waals surface area contributed by atoms with Crippen LogP contribution in [0, 0.1) is 0 Å². The number of carbonyl (C=O) groups excluding carboxylic acids is 1. The van der Waals surface area contributed by atoms with Crippen LogP contribution in [-0.2, 0) is 0 Å². The molecule has 2 aromatic rings. The summed E-state index contributed by atoms with van der Waals surface area (Å²) in [6, 6.07) is 10.5. The van der Waals surface area contributed by atoms with Gasteiger partial charge in [0, 0.05) is 10.5 Å². The Morgan fingerprint density at radius 2 is 1.95 bits per heavy atom. The first-order valence-electron chi connectivity index (χ1n) is 5.58. The van der Waals surface area contributed by atoms with Crippen molar-refractivity contribution in [1.29, 1.82) is 0 Å². The molecule has 0 amide bonds. The number of aldehydes is 1. The molecule has 5 heteroatoms. The van der Waals surface area contributed by atoms with E-state index in [0.29, 0.717) is 28.6 Å². The molecule has 0 saturated carbocycles. The topological polar surface area (TPSA) is 44.8 Å². The smallest absolute Gasteiger partial charge is 0.231 e. The monoisotopic (exact) mass is 320 g/mol. The summed E-state index contributed by atoms with van der Waals surface area (Å²) in [5.41, 5.74) is 0.487. The second-order valence-corrected chi connectivity index (χ2v) is 4.83. The number of carbonyl (C=O) groups is 1. The minimum Gasteiger partial charge on any atom is -0.456 e. The molecular weight excluding hydrogens is 312 g/mol. The van der Waals surface area contributed by atoms with Crippen LogP contribution in [0.15, 0.2) is 40.9 Å². The lowest BCUT2D eigenvalue weighted by molar-refractivity contribution is 0.112. The number of halogens is 1. The molecule has 19 heavy (non-hydrogen) atoms. The fourth-order valence-electron chi connectivity index (χ4n) is 1.76. The molecule has 0 aromatic heterocycles. The first-order chi connectivity index (χ1) is 9.26. The van der Waals surface area contributed by atoms with Gasteiger partial charge in [0.15, 0.2) is 17.8 Å². The van der Waals surface area contributed by atoms with Crippen molar-refractivity contribution in [3.63, 3.8) is 0 Å². The van der Waals surface area contributed by atoms with Crippen LogP contribution in [-0.4, -0.2) is 13.1 Å². The van der Waals surface area contributed by atoms with Crippen molar-refractivity contribution in [3.8, 4) is 23.0 Å². The van der Waals surface area contributed by atoms with Crippen LogP contribution < -0.4 is 14.2 Å². The van der Waals surface area contributed by atoms with Gasteiger partial charge in [-0.1, -0.05) is 15.9 Å². The Kier molecular flexibility index (Phi) is 3.13. The molecule has 0 saturated heterocycles. The van der Waals surface area contributed by atoms with Gasteiger partial charge in [-0.25, -0.2) is 0 Å². The fraction of sp³-hybridized carbons (Fsp3) is 0.0714. The number of benzene rings is 2. The quantitative estimate of drug-likeness (QED) is 0.807. The molecular formula is C14H9BrO4. The number of hydrogen-bond acceptors (Lipinski definition) is 4. The van der Waals surface area contributed by atoms with Crippen LogP contribution in [0.2, 0.25) is 0 Å². The van der Waals surface area contributed by atoms with Crippen LogP contribution >= 0.6 is 15.9 Å². The molecule has 0 aliphatic carbocycles. The van der Waals surface area contributed by atoms with Crippen molar-refractivity contribution in [3.05, 3.63) is 46.4 Å². The molecule has 0 bridgehead atoms. The predicted octanol–water partition coefficient (Wildman–Crippen LogP) is 3.78. The van der Waals surface area contributed by atoms with Gasteiger partial charge in [0.05, 0.1) is 5.56 Å². The standard InChI is InChI=1S/C14H9BrO4/c15-10-2-1-9(7-16)13(5-10)19-11-3-4-12-14(6-11)18-8-17-12/h1-7H,8H2. The molecule has 0 radical (unpaired) electrons. The average molecular weight is 321 g/mol. The number of fused-ring (bicyclic) bond motifs is 1. The Hall–Kier alpha value is -2.01. The van der Waals surface area contributed by atoms with Gasteiger partial charge in [0.2, 0.25) is 6.79 Å². The Morgan fingerprint density at radius 1 is 1.11 bits per heavy atom. The Balaban J connectivity index is 1.93. The van der Waals surface area contributed by atoms with E-state index in [2.05, 4.69) is 15.9 Å². The number of hydrogen-bond donors (Lipinski definition) is 0.